The van der Waals surface area contributed by atoms with Gasteiger partial charge in [-0.2, -0.15) is 0 Å². The largest absolute Gasteiger partial charge is 0.491 e. The fourth-order valence-electron chi connectivity index (χ4n) is 2.78. The second-order valence-corrected chi connectivity index (χ2v) is 7.85. The smallest absolute Gasteiger partial charge is 0.234 e. The molecule has 0 spiro atoms. The maximum absolute atomic E-state index is 12.2. The molecule has 6 nitrogen and oxygen atoms in total. The SMILES string of the molecule is Cc1cc(C)cc(NC(=O)CSc2nnc(-c3ccc(OC(C)C)cc3)[nH]2)c1. The van der Waals surface area contributed by atoms with E-state index in [0.717, 1.165) is 28.1 Å². The molecule has 1 aromatic heterocycles. The number of aromatic nitrogens is 3. The highest BCUT2D eigenvalue weighted by atomic mass is 32.2. The highest BCUT2D eigenvalue weighted by Crippen LogP contribution is 2.22. The molecule has 0 radical (unpaired) electrons. The van der Waals surface area contributed by atoms with Crippen LogP contribution in [0.3, 0.4) is 0 Å². The van der Waals surface area contributed by atoms with Crippen LogP contribution in [0.1, 0.15) is 25.0 Å². The molecule has 1 heterocycles. The van der Waals surface area contributed by atoms with Gasteiger partial charge in [0.25, 0.3) is 0 Å². The molecule has 0 unspecified atom stereocenters. The van der Waals surface area contributed by atoms with Crippen LogP contribution in [-0.4, -0.2) is 32.9 Å². The quantitative estimate of drug-likeness (QED) is 0.570. The van der Waals surface area contributed by atoms with E-state index in [1.54, 1.807) is 0 Å². The molecule has 0 saturated carbocycles. The van der Waals surface area contributed by atoms with E-state index in [9.17, 15) is 4.79 Å². The van der Waals surface area contributed by atoms with Gasteiger partial charge in [0.05, 0.1) is 11.9 Å². The van der Waals surface area contributed by atoms with Gasteiger partial charge < -0.3 is 15.0 Å². The van der Waals surface area contributed by atoms with Crippen molar-refractivity contribution in [2.24, 2.45) is 0 Å². The number of aryl methyl sites for hydroxylation is 2. The lowest BCUT2D eigenvalue weighted by atomic mass is 10.1. The van der Waals surface area contributed by atoms with Crippen molar-refractivity contribution in [3.05, 3.63) is 53.6 Å². The van der Waals surface area contributed by atoms with Gasteiger partial charge in [-0.3, -0.25) is 4.79 Å². The number of hydrogen-bond donors (Lipinski definition) is 2. The minimum absolute atomic E-state index is 0.0804. The fraction of sp³-hybridized carbons (Fsp3) is 0.286. The van der Waals surface area contributed by atoms with Crippen LogP contribution in [0.2, 0.25) is 0 Å². The summed E-state index contributed by atoms with van der Waals surface area (Å²) in [7, 11) is 0. The van der Waals surface area contributed by atoms with Crippen LogP contribution < -0.4 is 10.1 Å². The number of anilines is 1. The summed E-state index contributed by atoms with van der Waals surface area (Å²) in [5, 5.41) is 11.8. The summed E-state index contributed by atoms with van der Waals surface area (Å²) in [5.74, 6) is 1.65. The van der Waals surface area contributed by atoms with E-state index in [4.69, 9.17) is 4.74 Å². The molecule has 3 aromatic rings. The Morgan fingerprint density at radius 3 is 2.43 bits per heavy atom. The molecule has 2 N–H and O–H groups in total. The number of hydrogen-bond acceptors (Lipinski definition) is 5. The second kappa shape index (κ2) is 8.93. The summed E-state index contributed by atoms with van der Waals surface area (Å²) in [5.41, 5.74) is 3.96. The third-order valence-corrected chi connectivity index (χ3v) is 4.67. The first-order valence-corrected chi connectivity index (χ1v) is 10.1. The fourth-order valence-corrected chi connectivity index (χ4v) is 3.39. The van der Waals surface area contributed by atoms with Crippen molar-refractivity contribution in [1.82, 2.24) is 15.2 Å². The molecule has 0 aliphatic rings. The second-order valence-electron chi connectivity index (χ2n) is 6.88. The van der Waals surface area contributed by atoms with Gasteiger partial charge in [-0.15, -0.1) is 10.2 Å². The van der Waals surface area contributed by atoms with Crippen molar-refractivity contribution >= 4 is 23.4 Å². The van der Waals surface area contributed by atoms with Gasteiger partial charge in [0.1, 0.15) is 5.75 Å². The van der Waals surface area contributed by atoms with E-state index >= 15 is 0 Å². The zero-order valence-corrected chi connectivity index (χ0v) is 17.3. The van der Waals surface area contributed by atoms with Crippen molar-refractivity contribution in [2.75, 3.05) is 11.1 Å². The van der Waals surface area contributed by atoms with Gasteiger partial charge in [0, 0.05) is 11.3 Å². The number of nitrogens with zero attached hydrogens (tertiary/aromatic N) is 2. The average Bonchev–Trinajstić information content (AvgIpc) is 3.08. The molecule has 0 atom stereocenters. The Hall–Kier alpha value is -2.80. The third-order valence-electron chi connectivity index (χ3n) is 3.81. The Kier molecular flexibility index (Phi) is 6.36. The standard InChI is InChI=1S/C21H24N4O2S/c1-13(2)27-18-7-5-16(6-8-18)20-23-21(25-24-20)28-12-19(26)22-17-10-14(3)9-15(4)11-17/h5-11,13H,12H2,1-4H3,(H,22,26)(H,23,24,25). The van der Waals surface area contributed by atoms with Crippen LogP contribution in [0.25, 0.3) is 11.4 Å². The molecular formula is C21H24N4O2S. The molecular weight excluding hydrogens is 372 g/mol. The number of nitrogens with one attached hydrogen (secondary N) is 2. The number of carbonyl (C=O) groups is 1. The molecule has 0 fully saturated rings. The van der Waals surface area contributed by atoms with Crippen LogP contribution in [0, 0.1) is 13.8 Å². The predicted octanol–water partition coefficient (Wildman–Crippen LogP) is 4.61. The molecule has 0 aliphatic carbocycles. The van der Waals surface area contributed by atoms with E-state index < -0.39 is 0 Å². The number of aromatic amines is 1. The lowest BCUT2D eigenvalue weighted by molar-refractivity contribution is -0.113. The van der Waals surface area contributed by atoms with Gasteiger partial charge in [0.15, 0.2) is 11.0 Å². The van der Waals surface area contributed by atoms with Crippen molar-refractivity contribution < 1.29 is 9.53 Å². The number of rotatable bonds is 7. The van der Waals surface area contributed by atoms with E-state index in [0.29, 0.717) is 11.0 Å². The van der Waals surface area contributed by atoms with Crippen molar-refractivity contribution in [1.29, 1.82) is 0 Å². The van der Waals surface area contributed by atoms with Gasteiger partial charge in [-0.1, -0.05) is 17.8 Å². The van der Waals surface area contributed by atoms with Crippen LogP contribution in [0.4, 0.5) is 5.69 Å². The van der Waals surface area contributed by atoms with E-state index in [2.05, 4.69) is 26.6 Å². The summed E-state index contributed by atoms with van der Waals surface area (Å²) in [4.78, 5) is 15.3. The first-order chi connectivity index (χ1) is 13.4. The number of carbonyl (C=O) groups excluding carboxylic acids is 1. The normalized spacial score (nSPS) is 10.9. The van der Waals surface area contributed by atoms with Gasteiger partial charge in [0.2, 0.25) is 5.91 Å². The Bertz CT molecular complexity index is 931. The summed E-state index contributed by atoms with van der Waals surface area (Å²) < 4.78 is 5.64. The van der Waals surface area contributed by atoms with Crippen LogP contribution in [-0.2, 0) is 4.79 Å². The molecule has 7 heteroatoms. The van der Waals surface area contributed by atoms with Crippen LogP contribution in [0.5, 0.6) is 5.75 Å². The third kappa shape index (κ3) is 5.60. The maximum atomic E-state index is 12.2. The number of thioether (sulfide) groups is 1. The Labute approximate surface area is 169 Å². The zero-order valence-electron chi connectivity index (χ0n) is 16.4. The Morgan fingerprint density at radius 1 is 1.11 bits per heavy atom. The van der Waals surface area contributed by atoms with Crippen molar-refractivity contribution in [3.63, 3.8) is 0 Å². The zero-order chi connectivity index (χ0) is 20.1. The number of benzene rings is 2. The first kappa shape index (κ1) is 19.9. The summed E-state index contributed by atoms with van der Waals surface area (Å²) in [6.45, 7) is 8.00. The van der Waals surface area contributed by atoms with Crippen molar-refractivity contribution in [3.8, 4) is 17.1 Å². The molecule has 2 aromatic carbocycles. The number of amides is 1. The minimum Gasteiger partial charge on any atom is -0.491 e. The van der Waals surface area contributed by atoms with Gasteiger partial charge in [-0.25, -0.2) is 0 Å². The molecule has 0 saturated heterocycles. The van der Waals surface area contributed by atoms with Gasteiger partial charge >= 0.3 is 0 Å². The molecule has 0 aliphatic heterocycles. The monoisotopic (exact) mass is 396 g/mol. The van der Waals surface area contributed by atoms with E-state index in [-0.39, 0.29) is 17.8 Å². The van der Waals surface area contributed by atoms with Crippen LogP contribution >= 0.6 is 11.8 Å². The summed E-state index contributed by atoms with van der Waals surface area (Å²) >= 11 is 1.32. The van der Waals surface area contributed by atoms with Crippen molar-refractivity contribution in [2.45, 2.75) is 39.0 Å². The highest BCUT2D eigenvalue weighted by Gasteiger charge is 2.10. The van der Waals surface area contributed by atoms with Crippen LogP contribution in [0.15, 0.2) is 47.6 Å². The lowest BCUT2D eigenvalue weighted by Crippen LogP contribution is -2.14. The van der Waals surface area contributed by atoms with E-state index in [1.807, 2.05) is 64.1 Å². The molecule has 0 bridgehead atoms. The number of ether oxygens (including phenoxy) is 1. The maximum Gasteiger partial charge on any atom is 0.234 e. The minimum atomic E-state index is -0.0804. The van der Waals surface area contributed by atoms with Gasteiger partial charge in [-0.05, 0) is 75.2 Å². The topological polar surface area (TPSA) is 79.9 Å². The number of H-pyrrole nitrogens is 1. The lowest BCUT2D eigenvalue weighted by Gasteiger charge is -2.09. The molecule has 146 valence electrons. The Balaban J connectivity index is 1.56. The molecule has 3 rings (SSSR count). The average molecular weight is 397 g/mol. The Morgan fingerprint density at radius 2 is 1.79 bits per heavy atom. The first-order valence-electron chi connectivity index (χ1n) is 9.10. The summed E-state index contributed by atoms with van der Waals surface area (Å²) in [6, 6.07) is 13.6. The summed E-state index contributed by atoms with van der Waals surface area (Å²) in [6.07, 6.45) is 0.133. The highest BCUT2D eigenvalue weighted by molar-refractivity contribution is 7.99. The molecule has 1 amide bonds. The predicted molar refractivity (Wildman–Crippen MR) is 113 cm³/mol. The molecule has 28 heavy (non-hydrogen) atoms. The van der Waals surface area contributed by atoms with E-state index in [1.165, 1.54) is 11.8 Å².